The minimum Gasteiger partial charge on any atom is -0.507 e. The molecule has 0 fully saturated rings. The molecular weight excluding hydrogens is 374 g/mol. The highest BCUT2D eigenvalue weighted by Crippen LogP contribution is 2.27. The molecular formula is C21H23N3O5. The summed E-state index contributed by atoms with van der Waals surface area (Å²) in [5, 5.41) is 28.2. The van der Waals surface area contributed by atoms with Crippen LogP contribution >= 0.6 is 0 Å². The fraction of sp³-hybridized carbons (Fsp3) is 0.333. The molecule has 0 radical (unpaired) electrons. The number of hydrogen-bond donors (Lipinski definition) is 1. The average Bonchev–Trinajstić information content (AvgIpc) is 2.70. The highest BCUT2D eigenvalue weighted by Gasteiger charge is 2.14. The third-order valence-electron chi connectivity index (χ3n) is 3.79. The standard InChI is InChI=1S/C21H23N3O5/c1-4-24(9-5-8-22)18-7-6-16(19(25)13-18)12-17(14-23)21(27)29-11-10-28-20(26)15(2)3/h6-7,12-13,25H,2,4-5,9-11H2,1,3H3. The number of nitriles is 2. The van der Waals surface area contributed by atoms with Gasteiger partial charge in [0.1, 0.15) is 30.6 Å². The number of hydrogen-bond acceptors (Lipinski definition) is 8. The van der Waals surface area contributed by atoms with Crippen molar-refractivity contribution in [2.24, 2.45) is 0 Å². The van der Waals surface area contributed by atoms with Crippen LogP contribution in [0.1, 0.15) is 25.8 Å². The Morgan fingerprint density at radius 3 is 2.41 bits per heavy atom. The Labute approximate surface area is 169 Å². The lowest BCUT2D eigenvalue weighted by atomic mass is 10.1. The van der Waals surface area contributed by atoms with E-state index in [2.05, 4.69) is 12.6 Å². The number of anilines is 1. The maximum absolute atomic E-state index is 12.0. The normalized spacial score (nSPS) is 10.4. The average molecular weight is 397 g/mol. The fourth-order valence-corrected chi connectivity index (χ4v) is 2.27. The monoisotopic (exact) mass is 397 g/mol. The van der Waals surface area contributed by atoms with Crippen molar-refractivity contribution in [3.05, 3.63) is 41.5 Å². The van der Waals surface area contributed by atoms with Crippen molar-refractivity contribution in [3.63, 3.8) is 0 Å². The minimum atomic E-state index is -0.897. The summed E-state index contributed by atoms with van der Waals surface area (Å²) < 4.78 is 9.70. The van der Waals surface area contributed by atoms with Gasteiger partial charge in [0, 0.05) is 36.0 Å². The molecule has 152 valence electrons. The van der Waals surface area contributed by atoms with Gasteiger partial charge in [-0.15, -0.1) is 0 Å². The summed E-state index contributed by atoms with van der Waals surface area (Å²) in [5.74, 6) is -1.61. The van der Waals surface area contributed by atoms with Crippen LogP contribution in [-0.4, -0.2) is 43.3 Å². The summed E-state index contributed by atoms with van der Waals surface area (Å²) >= 11 is 0. The van der Waals surface area contributed by atoms with Crippen LogP contribution in [0.2, 0.25) is 0 Å². The molecule has 0 saturated heterocycles. The van der Waals surface area contributed by atoms with Crippen molar-refractivity contribution in [2.75, 3.05) is 31.2 Å². The second-order valence-corrected chi connectivity index (χ2v) is 5.95. The van der Waals surface area contributed by atoms with Gasteiger partial charge >= 0.3 is 11.9 Å². The van der Waals surface area contributed by atoms with Gasteiger partial charge in [-0.25, -0.2) is 9.59 Å². The van der Waals surface area contributed by atoms with E-state index in [1.54, 1.807) is 18.2 Å². The smallest absolute Gasteiger partial charge is 0.349 e. The molecule has 0 atom stereocenters. The molecule has 0 unspecified atom stereocenters. The summed E-state index contributed by atoms with van der Waals surface area (Å²) in [7, 11) is 0. The Hall–Kier alpha value is -3.78. The largest absolute Gasteiger partial charge is 0.507 e. The number of nitrogens with zero attached hydrogens (tertiary/aromatic N) is 3. The van der Waals surface area contributed by atoms with Gasteiger partial charge in [0.05, 0.1) is 12.5 Å². The number of esters is 2. The third-order valence-corrected chi connectivity index (χ3v) is 3.79. The molecule has 0 heterocycles. The van der Waals surface area contributed by atoms with E-state index in [-0.39, 0.29) is 35.7 Å². The van der Waals surface area contributed by atoms with E-state index in [0.717, 1.165) is 5.69 Å². The van der Waals surface area contributed by atoms with Gasteiger partial charge in [-0.3, -0.25) is 0 Å². The first-order valence-electron chi connectivity index (χ1n) is 8.90. The summed E-state index contributed by atoms with van der Waals surface area (Å²) in [6.45, 7) is 7.65. The van der Waals surface area contributed by atoms with Gasteiger partial charge in [0.2, 0.25) is 0 Å². The lowest BCUT2D eigenvalue weighted by Crippen LogP contribution is -2.23. The molecule has 1 N–H and O–H groups in total. The summed E-state index contributed by atoms with van der Waals surface area (Å²) in [4.78, 5) is 25.2. The highest BCUT2D eigenvalue weighted by atomic mass is 16.6. The van der Waals surface area contributed by atoms with Crippen LogP contribution in [0.15, 0.2) is 35.9 Å². The Morgan fingerprint density at radius 2 is 1.90 bits per heavy atom. The van der Waals surface area contributed by atoms with Gasteiger partial charge in [-0.1, -0.05) is 6.58 Å². The van der Waals surface area contributed by atoms with E-state index in [0.29, 0.717) is 19.5 Å². The maximum atomic E-state index is 12.0. The summed E-state index contributed by atoms with van der Waals surface area (Å²) in [5.41, 5.74) is 0.906. The number of phenols is 1. The topological polar surface area (TPSA) is 124 Å². The van der Waals surface area contributed by atoms with Crippen molar-refractivity contribution in [1.29, 1.82) is 10.5 Å². The van der Waals surface area contributed by atoms with E-state index in [9.17, 15) is 20.0 Å². The number of carbonyl (C=O) groups excluding carboxylic acids is 2. The second kappa shape index (κ2) is 11.8. The Morgan fingerprint density at radius 1 is 1.24 bits per heavy atom. The lowest BCUT2D eigenvalue weighted by molar-refractivity contribution is -0.147. The van der Waals surface area contributed by atoms with E-state index in [1.807, 2.05) is 11.8 Å². The molecule has 1 rings (SSSR count). The zero-order valence-corrected chi connectivity index (χ0v) is 16.5. The Kier molecular flexibility index (Phi) is 9.49. The van der Waals surface area contributed by atoms with Crippen LogP contribution in [0.3, 0.4) is 0 Å². The first kappa shape index (κ1) is 23.3. The summed E-state index contributed by atoms with van der Waals surface area (Å²) in [6.07, 6.45) is 1.56. The molecule has 29 heavy (non-hydrogen) atoms. The van der Waals surface area contributed by atoms with Crippen molar-refractivity contribution >= 4 is 23.7 Å². The van der Waals surface area contributed by atoms with Crippen LogP contribution in [0, 0.1) is 22.7 Å². The summed E-state index contributed by atoms with van der Waals surface area (Å²) in [6, 6.07) is 8.60. The van der Waals surface area contributed by atoms with Gasteiger partial charge in [0.25, 0.3) is 0 Å². The number of carbonyl (C=O) groups is 2. The second-order valence-electron chi connectivity index (χ2n) is 5.95. The van der Waals surface area contributed by atoms with Crippen molar-refractivity contribution in [3.8, 4) is 17.9 Å². The number of ether oxygens (including phenoxy) is 2. The third kappa shape index (κ3) is 7.39. The molecule has 0 bridgehead atoms. The zero-order chi connectivity index (χ0) is 21.8. The van der Waals surface area contributed by atoms with Gasteiger partial charge < -0.3 is 19.5 Å². The van der Waals surface area contributed by atoms with Crippen molar-refractivity contribution < 1.29 is 24.2 Å². The zero-order valence-electron chi connectivity index (χ0n) is 16.5. The lowest BCUT2D eigenvalue weighted by Gasteiger charge is -2.22. The minimum absolute atomic E-state index is 0.117. The number of benzene rings is 1. The predicted molar refractivity (Wildman–Crippen MR) is 107 cm³/mol. The molecule has 1 aromatic carbocycles. The van der Waals surface area contributed by atoms with E-state index >= 15 is 0 Å². The van der Waals surface area contributed by atoms with Crippen LogP contribution in [-0.2, 0) is 19.1 Å². The molecule has 0 aromatic heterocycles. The molecule has 8 nitrogen and oxygen atoms in total. The quantitative estimate of drug-likeness (QED) is 0.277. The number of phenolic OH excluding ortho intramolecular Hbond substituents is 1. The number of aromatic hydroxyl groups is 1. The number of rotatable bonds is 10. The molecule has 8 heteroatoms. The molecule has 0 aliphatic heterocycles. The molecule has 0 aliphatic carbocycles. The van der Waals surface area contributed by atoms with E-state index in [4.69, 9.17) is 14.7 Å². The first-order chi connectivity index (χ1) is 13.8. The van der Waals surface area contributed by atoms with Gasteiger partial charge in [0.15, 0.2) is 0 Å². The molecule has 0 saturated carbocycles. The van der Waals surface area contributed by atoms with Gasteiger partial charge in [-0.05, 0) is 32.1 Å². The Bertz CT molecular complexity index is 877. The van der Waals surface area contributed by atoms with Crippen LogP contribution in [0.4, 0.5) is 5.69 Å². The van der Waals surface area contributed by atoms with Crippen molar-refractivity contribution in [1.82, 2.24) is 0 Å². The predicted octanol–water partition coefficient (Wildman–Crippen LogP) is 2.70. The van der Waals surface area contributed by atoms with Crippen LogP contribution in [0.25, 0.3) is 6.08 Å². The SMILES string of the molecule is C=C(C)C(=O)OCCOC(=O)C(C#N)=Cc1ccc(N(CC)CCC#N)cc1O. The van der Waals surface area contributed by atoms with Gasteiger partial charge in [-0.2, -0.15) is 10.5 Å². The van der Waals surface area contributed by atoms with E-state index < -0.39 is 11.9 Å². The highest BCUT2D eigenvalue weighted by molar-refractivity contribution is 5.98. The Balaban J connectivity index is 2.81. The molecule has 0 amide bonds. The maximum Gasteiger partial charge on any atom is 0.349 e. The molecule has 0 spiro atoms. The van der Waals surface area contributed by atoms with Crippen LogP contribution in [0.5, 0.6) is 5.75 Å². The molecule has 0 aliphatic rings. The molecule has 1 aromatic rings. The van der Waals surface area contributed by atoms with E-state index in [1.165, 1.54) is 19.1 Å². The van der Waals surface area contributed by atoms with Crippen molar-refractivity contribution in [2.45, 2.75) is 20.3 Å². The fourth-order valence-electron chi connectivity index (χ4n) is 2.27. The van der Waals surface area contributed by atoms with Crippen LogP contribution < -0.4 is 4.90 Å². The first-order valence-corrected chi connectivity index (χ1v) is 8.90.